The molecule has 2 aliphatic rings. The molecule has 21 heavy (non-hydrogen) atoms. The van der Waals surface area contributed by atoms with E-state index in [0.717, 1.165) is 24.2 Å². The Balaban J connectivity index is 1.73. The highest BCUT2D eigenvalue weighted by Gasteiger charge is 2.32. The minimum Gasteiger partial charge on any atom is -0.384 e. The highest BCUT2D eigenvalue weighted by Crippen LogP contribution is 2.28. The van der Waals surface area contributed by atoms with Crippen LogP contribution in [0.3, 0.4) is 0 Å². The number of allylic oxidation sites excluding steroid dienone is 2. The molecular formula is C15H22N4O2. The second kappa shape index (κ2) is 5.97. The Labute approximate surface area is 124 Å². The number of rotatable bonds is 4. The van der Waals surface area contributed by atoms with Crippen molar-refractivity contribution in [1.82, 2.24) is 19.9 Å². The van der Waals surface area contributed by atoms with Gasteiger partial charge < -0.3 is 9.64 Å². The van der Waals surface area contributed by atoms with Gasteiger partial charge in [0.2, 0.25) is 5.91 Å². The van der Waals surface area contributed by atoms with Crippen molar-refractivity contribution in [3.05, 3.63) is 23.5 Å². The molecule has 2 heterocycles. The van der Waals surface area contributed by atoms with Crippen molar-refractivity contribution in [2.24, 2.45) is 13.0 Å². The Hall–Kier alpha value is -1.69. The third kappa shape index (κ3) is 2.85. The van der Waals surface area contributed by atoms with E-state index < -0.39 is 0 Å². The average molecular weight is 290 g/mol. The van der Waals surface area contributed by atoms with Crippen LogP contribution >= 0.6 is 0 Å². The lowest BCUT2D eigenvalue weighted by atomic mass is 9.97. The van der Waals surface area contributed by atoms with Crippen molar-refractivity contribution < 1.29 is 9.53 Å². The van der Waals surface area contributed by atoms with Crippen LogP contribution in [0, 0.1) is 5.92 Å². The quantitative estimate of drug-likeness (QED) is 0.783. The summed E-state index contributed by atoms with van der Waals surface area (Å²) in [4.78, 5) is 14.4. The molecule has 3 rings (SSSR count). The number of carbonyl (C=O) groups excluding carboxylic acids is 1. The molecule has 0 radical (unpaired) electrons. The zero-order chi connectivity index (χ0) is 14.8. The van der Waals surface area contributed by atoms with Crippen molar-refractivity contribution in [2.75, 3.05) is 20.3 Å². The second-order valence-electron chi connectivity index (χ2n) is 5.94. The summed E-state index contributed by atoms with van der Waals surface area (Å²) in [7, 11) is 3.59. The third-order valence-electron chi connectivity index (χ3n) is 4.38. The van der Waals surface area contributed by atoms with Gasteiger partial charge in [-0.2, -0.15) is 0 Å². The van der Waals surface area contributed by atoms with Gasteiger partial charge in [0, 0.05) is 33.0 Å². The van der Waals surface area contributed by atoms with E-state index in [9.17, 15) is 4.79 Å². The number of carbonyl (C=O) groups is 1. The van der Waals surface area contributed by atoms with Gasteiger partial charge in [-0.05, 0) is 18.8 Å². The summed E-state index contributed by atoms with van der Waals surface area (Å²) in [6.07, 6.45) is 7.13. The molecule has 0 fully saturated rings. The fourth-order valence-electron chi connectivity index (χ4n) is 3.36. The molecule has 114 valence electrons. The number of hydrogen-bond acceptors (Lipinski definition) is 4. The summed E-state index contributed by atoms with van der Waals surface area (Å²) in [6.45, 7) is 1.84. The van der Waals surface area contributed by atoms with Gasteiger partial charge in [0.25, 0.3) is 0 Å². The van der Waals surface area contributed by atoms with Gasteiger partial charge in [-0.3, -0.25) is 9.48 Å². The average Bonchev–Trinajstić information content (AvgIpc) is 3.09. The lowest BCUT2D eigenvalue weighted by Gasteiger charge is -2.32. The summed E-state index contributed by atoms with van der Waals surface area (Å²) < 4.78 is 7.11. The number of aromatic nitrogens is 3. The Kier molecular flexibility index (Phi) is 4.05. The molecule has 1 aliphatic carbocycles. The standard InChI is InChI=1S/C15H22N4O2/c1-18-15-12(10-21-2)8-19(9-13(15)16-17-18)14(20)7-11-5-3-4-6-11/h3,5,11-12H,4,6-10H2,1-2H3/t11-,12-/m0/s1. The predicted octanol–water partition coefficient (Wildman–Crippen LogP) is 1.24. The van der Waals surface area contributed by atoms with E-state index in [2.05, 4.69) is 22.5 Å². The molecule has 6 heteroatoms. The first-order valence-corrected chi connectivity index (χ1v) is 7.51. The molecule has 0 spiro atoms. The van der Waals surface area contributed by atoms with Gasteiger partial charge in [-0.25, -0.2) is 0 Å². The van der Waals surface area contributed by atoms with Crippen molar-refractivity contribution in [3.8, 4) is 0 Å². The van der Waals surface area contributed by atoms with Gasteiger partial charge in [0.05, 0.1) is 18.8 Å². The van der Waals surface area contributed by atoms with Crippen LogP contribution in [-0.4, -0.2) is 46.1 Å². The van der Waals surface area contributed by atoms with Crippen LogP contribution in [0.25, 0.3) is 0 Å². The Morgan fingerprint density at radius 1 is 1.52 bits per heavy atom. The lowest BCUT2D eigenvalue weighted by Crippen LogP contribution is -2.40. The molecule has 1 aliphatic heterocycles. The Morgan fingerprint density at radius 3 is 3.10 bits per heavy atom. The van der Waals surface area contributed by atoms with E-state index in [1.54, 1.807) is 11.8 Å². The van der Waals surface area contributed by atoms with E-state index in [0.29, 0.717) is 32.0 Å². The topological polar surface area (TPSA) is 60.2 Å². The zero-order valence-corrected chi connectivity index (χ0v) is 12.7. The lowest BCUT2D eigenvalue weighted by molar-refractivity contribution is -0.133. The predicted molar refractivity (Wildman–Crippen MR) is 77.5 cm³/mol. The van der Waals surface area contributed by atoms with Gasteiger partial charge >= 0.3 is 0 Å². The maximum absolute atomic E-state index is 12.5. The third-order valence-corrected chi connectivity index (χ3v) is 4.38. The fraction of sp³-hybridized carbons (Fsp3) is 0.667. The van der Waals surface area contributed by atoms with Gasteiger partial charge in [0.15, 0.2) is 0 Å². The van der Waals surface area contributed by atoms with Gasteiger partial charge in [-0.1, -0.05) is 17.4 Å². The number of methoxy groups -OCH3 is 1. The van der Waals surface area contributed by atoms with E-state index in [-0.39, 0.29) is 11.8 Å². The molecule has 0 saturated carbocycles. The molecule has 1 aromatic heterocycles. The number of ether oxygens (including phenoxy) is 1. The maximum atomic E-state index is 12.5. The van der Waals surface area contributed by atoms with Crippen LogP contribution in [0.5, 0.6) is 0 Å². The summed E-state index contributed by atoms with van der Waals surface area (Å²) >= 11 is 0. The monoisotopic (exact) mass is 290 g/mol. The maximum Gasteiger partial charge on any atom is 0.223 e. The van der Waals surface area contributed by atoms with Crippen LogP contribution in [0.15, 0.2) is 12.2 Å². The summed E-state index contributed by atoms with van der Waals surface area (Å²) in [5.41, 5.74) is 2.00. The van der Waals surface area contributed by atoms with Gasteiger partial charge in [-0.15, -0.1) is 5.10 Å². The van der Waals surface area contributed by atoms with Crippen LogP contribution in [0.1, 0.15) is 36.6 Å². The van der Waals surface area contributed by atoms with Crippen LogP contribution in [0.2, 0.25) is 0 Å². The molecule has 0 unspecified atom stereocenters. The minimum atomic E-state index is 0.154. The molecule has 0 saturated heterocycles. The smallest absolute Gasteiger partial charge is 0.223 e. The second-order valence-corrected chi connectivity index (χ2v) is 5.94. The fourth-order valence-corrected chi connectivity index (χ4v) is 3.36. The molecule has 1 amide bonds. The Morgan fingerprint density at radius 2 is 2.38 bits per heavy atom. The summed E-state index contributed by atoms with van der Waals surface area (Å²) in [6, 6.07) is 0. The first-order valence-electron chi connectivity index (χ1n) is 7.51. The molecule has 0 bridgehead atoms. The molecule has 2 atom stereocenters. The number of amides is 1. The number of fused-ring (bicyclic) bond motifs is 1. The van der Waals surface area contributed by atoms with Crippen molar-refractivity contribution in [1.29, 1.82) is 0 Å². The van der Waals surface area contributed by atoms with Crippen molar-refractivity contribution >= 4 is 5.91 Å². The molecule has 6 nitrogen and oxygen atoms in total. The van der Waals surface area contributed by atoms with Crippen molar-refractivity contribution in [2.45, 2.75) is 31.7 Å². The van der Waals surface area contributed by atoms with E-state index in [4.69, 9.17) is 4.74 Å². The normalized spacial score (nSPS) is 24.4. The van der Waals surface area contributed by atoms with Crippen molar-refractivity contribution in [3.63, 3.8) is 0 Å². The Bertz CT molecular complexity index is 552. The molecule has 1 aromatic rings. The number of hydrogen-bond donors (Lipinski definition) is 0. The van der Waals surface area contributed by atoms with E-state index in [1.165, 1.54) is 0 Å². The highest BCUT2D eigenvalue weighted by atomic mass is 16.5. The van der Waals surface area contributed by atoms with E-state index in [1.807, 2.05) is 11.9 Å². The first-order chi connectivity index (χ1) is 10.2. The minimum absolute atomic E-state index is 0.154. The van der Waals surface area contributed by atoms with Crippen LogP contribution < -0.4 is 0 Å². The zero-order valence-electron chi connectivity index (χ0n) is 12.7. The highest BCUT2D eigenvalue weighted by molar-refractivity contribution is 5.77. The SMILES string of the molecule is COC[C@@H]1CN(C(=O)C[C@H]2C=CCC2)Cc2nnn(C)c21. The summed E-state index contributed by atoms with van der Waals surface area (Å²) in [5.74, 6) is 0.771. The summed E-state index contributed by atoms with van der Waals surface area (Å²) in [5, 5.41) is 8.29. The number of nitrogens with zero attached hydrogens (tertiary/aromatic N) is 4. The van der Waals surface area contributed by atoms with Gasteiger partial charge in [0.1, 0.15) is 5.69 Å². The number of aryl methyl sites for hydroxylation is 1. The van der Waals surface area contributed by atoms with E-state index >= 15 is 0 Å². The van der Waals surface area contributed by atoms with Crippen LogP contribution in [-0.2, 0) is 23.1 Å². The first kappa shape index (κ1) is 14.3. The van der Waals surface area contributed by atoms with Crippen LogP contribution in [0.4, 0.5) is 0 Å². The largest absolute Gasteiger partial charge is 0.384 e. The molecular weight excluding hydrogens is 268 g/mol. The molecule has 0 aromatic carbocycles. The molecule has 0 N–H and O–H groups in total.